The van der Waals surface area contributed by atoms with Crippen molar-refractivity contribution in [2.45, 2.75) is 32.1 Å². The molecule has 2 aromatic rings. The number of Topliss-reactive ketones (excluding diaryl/α,β-unsaturated/α-hetero) is 1. The minimum Gasteiger partial charge on any atom is -0.497 e. The Morgan fingerprint density at radius 3 is 2.72 bits per heavy atom. The molecule has 0 heterocycles. The van der Waals surface area contributed by atoms with Crippen molar-refractivity contribution >= 4 is 22.5 Å². The van der Waals surface area contributed by atoms with Crippen LogP contribution in [-0.2, 0) is 20.7 Å². The Balaban J connectivity index is 1.90. The fraction of sp³-hybridized carbons (Fsp3) is 0.429. The monoisotopic (exact) mass is 338 g/mol. The van der Waals surface area contributed by atoms with E-state index in [0.717, 1.165) is 29.5 Å². The molecular weight excluding hydrogens is 316 g/mol. The van der Waals surface area contributed by atoms with E-state index in [1.54, 1.807) is 7.11 Å². The van der Waals surface area contributed by atoms with E-state index in [0.29, 0.717) is 0 Å². The molecule has 0 spiro atoms. The van der Waals surface area contributed by atoms with Gasteiger partial charge in [0.1, 0.15) is 11.5 Å². The van der Waals surface area contributed by atoms with Crippen molar-refractivity contribution in [1.82, 2.24) is 0 Å². The number of fused-ring (bicyclic) bond motifs is 5. The van der Waals surface area contributed by atoms with Crippen LogP contribution in [0.25, 0.3) is 10.8 Å². The van der Waals surface area contributed by atoms with Gasteiger partial charge in [-0.05, 0) is 46.9 Å². The van der Waals surface area contributed by atoms with Gasteiger partial charge in [-0.3, -0.25) is 9.59 Å². The Morgan fingerprint density at radius 2 is 2.00 bits per heavy atom. The number of aryl methyl sites for hydroxylation is 1. The lowest BCUT2D eigenvalue weighted by molar-refractivity contribution is -0.146. The molecule has 3 atom stereocenters. The summed E-state index contributed by atoms with van der Waals surface area (Å²) in [6.45, 7) is 2.02. The van der Waals surface area contributed by atoms with Gasteiger partial charge in [0, 0.05) is 17.8 Å². The standard InChI is InChI=1S/C21H22O4/c1-21-9-8-15-14-7-5-13(24-2)10-12(14)4-6-16(15)19(21)17(11-18(21)22)20(23)25-3/h4-7,10,17,19H,8-9,11H2,1-3H3/t17-,19+,21+/m1/s1. The van der Waals surface area contributed by atoms with Crippen molar-refractivity contribution < 1.29 is 19.1 Å². The second kappa shape index (κ2) is 5.58. The maximum absolute atomic E-state index is 12.7. The molecule has 2 aliphatic carbocycles. The highest BCUT2D eigenvalue weighted by Gasteiger charge is 2.56. The van der Waals surface area contributed by atoms with Gasteiger partial charge < -0.3 is 9.47 Å². The molecule has 0 bridgehead atoms. The summed E-state index contributed by atoms with van der Waals surface area (Å²) in [6, 6.07) is 10.2. The Bertz CT molecular complexity index is 885. The van der Waals surface area contributed by atoms with E-state index < -0.39 is 5.41 Å². The van der Waals surface area contributed by atoms with Crippen LogP contribution >= 0.6 is 0 Å². The summed E-state index contributed by atoms with van der Waals surface area (Å²) in [5, 5.41) is 2.31. The summed E-state index contributed by atoms with van der Waals surface area (Å²) in [5.41, 5.74) is 1.92. The Morgan fingerprint density at radius 1 is 1.20 bits per heavy atom. The maximum atomic E-state index is 12.7. The summed E-state index contributed by atoms with van der Waals surface area (Å²) in [6.07, 6.45) is 1.92. The number of carbonyl (C=O) groups excluding carboxylic acids is 2. The second-order valence-corrected chi connectivity index (χ2v) is 7.37. The number of carbonyl (C=O) groups is 2. The predicted molar refractivity (Wildman–Crippen MR) is 94.8 cm³/mol. The normalized spacial score (nSPS) is 27.7. The fourth-order valence-corrected chi connectivity index (χ4v) is 4.87. The molecule has 2 aliphatic rings. The van der Waals surface area contributed by atoms with Gasteiger partial charge >= 0.3 is 5.97 Å². The van der Waals surface area contributed by atoms with Crippen molar-refractivity contribution in [2.24, 2.45) is 11.3 Å². The third-order valence-corrected chi connectivity index (χ3v) is 6.24. The van der Waals surface area contributed by atoms with Crippen LogP contribution in [0.5, 0.6) is 5.75 Å². The Kier molecular flexibility index (Phi) is 3.60. The molecule has 0 N–H and O–H groups in total. The highest BCUT2D eigenvalue weighted by molar-refractivity contribution is 5.96. The van der Waals surface area contributed by atoms with Crippen LogP contribution in [0.15, 0.2) is 30.3 Å². The van der Waals surface area contributed by atoms with E-state index in [4.69, 9.17) is 9.47 Å². The summed E-state index contributed by atoms with van der Waals surface area (Å²) in [7, 11) is 3.06. The molecule has 130 valence electrons. The first-order chi connectivity index (χ1) is 12.0. The molecule has 4 rings (SSSR count). The lowest BCUT2D eigenvalue weighted by Gasteiger charge is -2.38. The topological polar surface area (TPSA) is 52.6 Å². The zero-order valence-electron chi connectivity index (χ0n) is 14.8. The third kappa shape index (κ3) is 2.20. The second-order valence-electron chi connectivity index (χ2n) is 7.37. The van der Waals surface area contributed by atoms with Crippen LogP contribution in [0.4, 0.5) is 0 Å². The quantitative estimate of drug-likeness (QED) is 0.785. The molecule has 4 heteroatoms. The molecule has 4 nitrogen and oxygen atoms in total. The number of hydrogen-bond acceptors (Lipinski definition) is 4. The number of benzene rings is 2. The molecule has 0 aliphatic heterocycles. The van der Waals surface area contributed by atoms with E-state index in [1.807, 2.05) is 19.1 Å². The first-order valence-electron chi connectivity index (χ1n) is 8.70. The number of hydrogen-bond donors (Lipinski definition) is 0. The maximum Gasteiger partial charge on any atom is 0.309 e. The molecule has 0 amide bonds. The largest absolute Gasteiger partial charge is 0.497 e. The summed E-state index contributed by atoms with van der Waals surface area (Å²) < 4.78 is 10.3. The lowest BCUT2D eigenvalue weighted by atomic mass is 9.64. The fourth-order valence-electron chi connectivity index (χ4n) is 4.87. The van der Waals surface area contributed by atoms with E-state index in [-0.39, 0.29) is 30.0 Å². The molecule has 0 unspecified atom stereocenters. The zero-order valence-corrected chi connectivity index (χ0v) is 14.8. The molecule has 1 fully saturated rings. The molecule has 0 saturated heterocycles. The van der Waals surface area contributed by atoms with Crippen LogP contribution in [-0.4, -0.2) is 26.0 Å². The van der Waals surface area contributed by atoms with Crippen molar-refractivity contribution in [2.75, 3.05) is 14.2 Å². The molecular formula is C21H22O4. The van der Waals surface area contributed by atoms with Crippen LogP contribution in [0, 0.1) is 11.3 Å². The SMILES string of the molecule is COC(=O)[C@@H]1CC(=O)[C@]2(C)CCc3c(ccc4cc(OC)ccc34)[C@@H]12. The van der Waals surface area contributed by atoms with E-state index in [1.165, 1.54) is 18.1 Å². The van der Waals surface area contributed by atoms with Gasteiger partial charge in [-0.1, -0.05) is 25.1 Å². The van der Waals surface area contributed by atoms with Crippen LogP contribution in [0.2, 0.25) is 0 Å². The number of methoxy groups -OCH3 is 2. The van der Waals surface area contributed by atoms with Crippen molar-refractivity contribution in [3.8, 4) is 5.75 Å². The number of rotatable bonds is 2. The van der Waals surface area contributed by atoms with E-state index >= 15 is 0 Å². The highest BCUT2D eigenvalue weighted by Crippen LogP contribution is 2.57. The van der Waals surface area contributed by atoms with Crippen molar-refractivity contribution in [3.63, 3.8) is 0 Å². The third-order valence-electron chi connectivity index (χ3n) is 6.24. The Hall–Kier alpha value is -2.36. The lowest BCUT2D eigenvalue weighted by Crippen LogP contribution is -2.35. The molecule has 1 saturated carbocycles. The summed E-state index contributed by atoms with van der Waals surface area (Å²) >= 11 is 0. The minimum absolute atomic E-state index is 0.0947. The van der Waals surface area contributed by atoms with Crippen molar-refractivity contribution in [3.05, 3.63) is 41.5 Å². The van der Waals surface area contributed by atoms with Crippen molar-refractivity contribution in [1.29, 1.82) is 0 Å². The first kappa shape index (κ1) is 16.1. The highest BCUT2D eigenvalue weighted by atomic mass is 16.5. The average molecular weight is 338 g/mol. The van der Waals surface area contributed by atoms with Gasteiger partial charge in [0.2, 0.25) is 0 Å². The van der Waals surface area contributed by atoms with Gasteiger partial charge in [-0.25, -0.2) is 0 Å². The van der Waals surface area contributed by atoms with Gasteiger partial charge in [-0.15, -0.1) is 0 Å². The first-order valence-corrected chi connectivity index (χ1v) is 8.70. The zero-order chi connectivity index (χ0) is 17.8. The number of esters is 1. The van der Waals surface area contributed by atoms with Gasteiger partial charge in [0.15, 0.2) is 0 Å². The molecule has 0 aromatic heterocycles. The smallest absolute Gasteiger partial charge is 0.309 e. The average Bonchev–Trinajstić information content (AvgIpc) is 2.91. The van der Waals surface area contributed by atoms with Crippen LogP contribution in [0.3, 0.4) is 0 Å². The van der Waals surface area contributed by atoms with Gasteiger partial charge in [0.25, 0.3) is 0 Å². The summed E-state index contributed by atoms with van der Waals surface area (Å²) in [5.74, 6) is 0.273. The van der Waals surface area contributed by atoms with Gasteiger partial charge in [-0.2, -0.15) is 0 Å². The predicted octanol–water partition coefficient (Wildman–Crippen LogP) is 3.65. The van der Waals surface area contributed by atoms with Crippen LogP contribution in [0.1, 0.15) is 36.8 Å². The molecule has 0 radical (unpaired) electrons. The Labute approximate surface area is 147 Å². The summed E-state index contributed by atoms with van der Waals surface area (Å²) in [4.78, 5) is 25.0. The van der Waals surface area contributed by atoms with E-state index in [9.17, 15) is 9.59 Å². The number of ketones is 1. The molecule has 2 aromatic carbocycles. The molecule has 25 heavy (non-hydrogen) atoms. The van der Waals surface area contributed by atoms with Crippen LogP contribution < -0.4 is 4.74 Å². The minimum atomic E-state index is -0.466. The van der Waals surface area contributed by atoms with Gasteiger partial charge in [0.05, 0.1) is 20.1 Å². The number of ether oxygens (including phenoxy) is 2. The van der Waals surface area contributed by atoms with E-state index in [2.05, 4.69) is 18.2 Å².